The van der Waals surface area contributed by atoms with Gasteiger partial charge in [0.2, 0.25) is 5.89 Å². The fourth-order valence-electron chi connectivity index (χ4n) is 0.820. The Balaban J connectivity index is 2.58. The molecule has 0 aromatic carbocycles. The summed E-state index contributed by atoms with van der Waals surface area (Å²) in [4.78, 5) is 14.9. The maximum absolute atomic E-state index is 10.9. The van der Waals surface area contributed by atoms with Crippen molar-refractivity contribution in [1.82, 2.24) is 20.8 Å². The van der Waals surface area contributed by atoms with Crippen LogP contribution < -0.4 is 10.6 Å². The van der Waals surface area contributed by atoms with Crippen molar-refractivity contribution in [2.75, 3.05) is 7.05 Å². The maximum atomic E-state index is 10.9. The van der Waals surface area contributed by atoms with Crippen LogP contribution in [-0.4, -0.2) is 23.2 Å². The molecule has 2 amide bonds. The lowest BCUT2D eigenvalue weighted by Crippen LogP contribution is -2.34. The zero-order chi connectivity index (χ0) is 9.84. The van der Waals surface area contributed by atoms with E-state index in [1.54, 1.807) is 20.9 Å². The SMILES string of the molecule is CNC(=O)NC(C)c1nc(C)no1. The minimum Gasteiger partial charge on any atom is -0.341 e. The summed E-state index contributed by atoms with van der Waals surface area (Å²) in [5.74, 6) is 0.960. The van der Waals surface area contributed by atoms with Gasteiger partial charge in [0.1, 0.15) is 6.04 Å². The number of carbonyl (C=O) groups excluding carboxylic acids is 1. The lowest BCUT2D eigenvalue weighted by atomic mass is 10.3. The monoisotopic (exact) mass is 184 g/mol. The van der Waals surface area contributed by atoms with Crippen molar-refractivity contribution >= 4 is 6.03 Å². The number of nitrogens with zero attached hydrogens (tertiary/aromatic N) is 2. The van der Waals surface area contributed by atoms with Gasteiger partial charge in [0, 0.05) is 7.05 Å². The number of nitrogens with one attached hydrogen (secondary N) is 2. The first-order chi connectivity index (χ1) is 6.13. The summed E-state index contributed by atoms with van der Waals surface area (Å²) in [6.07, 6.45) is 0. The molecule has 1 aromatic heterocycles. The summed E-state index contributed by atoms with van der Waals surface area (Å²) in [7, 11) is 1.54. The molecular formula is C7H12N4O2. The van der Waals surface area contributed by atoms with Crippen molar-refractivity contribution in [2.24, 2.45) is 0 Å². The molecule has 0 radical (unpaired) electrons. The Bertz CT molecular complexity index is 296. The second kappa shape index (κ2) is 3.88. The van der Waals surface area contributed by atoms with E-state index in [4.69, 9.17) is 4.52 Å². The van der Waals surface area contributed by atoms with Gasteiger partial charge in [-0.25, -0.2) is 4.79 Å². The Labute approximate surface area is 75.7 Å². The Kier molecular flexibility index (Phi) is 2.84. The Hall–Kier alpha value is -1.59. The van der Waals surface area contributed by atoms with Crippen LogP contribution in [0.5, 0.6) is 0 Å². The predicted molar refractivity (Wildman–Crippen MR) is 45.0 cm³/mol. The van der Waals surface area contributed by atoms with Gasteiger partial charge in [-0.15, -0.1) is 0 Å². The standard InChI is InChI=1S/C7H12N4O2/c1-4(9-7(12)8-3)6-10-5(2)11-13-6/h4H,1-3H3,(H2,8,9,12). The number of hydrogen-bond acceptors (Lipinski definition) is 4. The summed E-state index contributed by atoms with van der Waals surface area (Å²) in [6, 6.07) is -0.551. The first kappa shape index (κ1) is 9.50. The van der Waals surface area contributed by atoms with Gasteiger partial charge in [0.15, 0.2) is 5.82 Å². The van der Waals surface area contributed by atoms with Gasteiger partial charge in [-0.1, -0.05) is 5.16 Å². The van der Waals surface area contributed by atoms with Crippen molar-refractivity contribution in [2.45, 2.75) is 19.9 Å². The second-order valence-electron chi connectivity index (χ2n) is 2.62. The van der Waals surface area contributed by atoms with Gasteiger partial charge in [0.25, 0.3) is 0 Å². The number of urea groups is 1. The number of amides is 2. The molecule has 6 nitrogen and oxygen atoms in total. The van der Waals surface area contributed by atoms with Crippen molar-refractivity contribution in [3.05, 3.63) is 11.7 Å². The lowest BCUT2D eigenvalue weighted by molar-refractivity contribution is 0.236. The maximum Gasteiger partial charge on any atom is 0.315 e. The fraction of sp³-hybridized carbons (Fsp3) is 0.571. The highest BCUT2D eigenvalue weighted by atomic mass is 16.5. The van der Waals surface area contributed by atoms with Crippen LogP contribution in [0.4, 0.5) is 4.79 Å². The van der Waals surface area contributed by atoms with Crippen molar-refractivity contribution in [1.29, 1.82) is 0 Å². The zero-order valence-electron chi connectivity index (χ0n) is 7.79. The van der Waals surface area contributed by atoms with Crippen LogP contribution in [0.3, 0.4) is 0 Å². The third-order valence-electron chi connectivity index (χ3n) is 1.49. The molecule has 0 saturated carbocycles. The molecule has 0 bridgehead atoms. The molecule has 0 aliphatic carbocycles. The Morgan fingerprint density at radius 1 is 1.62 bits per heavy atom. The lowest BCUT2D eigenvalue weighted by Gasteiger charge is -2.07. The molecule has 72 valence electrons. The van der Waals surface area contributed by atoms with Crippen LogP contribution in [-0.2, 0) is 0 Å². The van der Waals surface area contributed by atoms with E-state index in [-0.39, 0.29) is 12.1 Å². The van der Waals surface area contributed by atoms with Gasteiger partial charge in [0.05, 0.1) is 0 Å². The molecule has 1 atom stereocenters. The van der Waals surface area contributed by atoms with Crippen LogP contribution in [0.25, 0.3) is 0 Å². The molecule has 1 heterocycles. The molecule has 0 spiro atoms. The quantitative estimate of drug-likeness (QED) is 0.695. The van der Waals surface area contributed by atoms with Gasteiger partial charge in [-0.3, -0.25) is 0 Å². The van der Waals surface area contributed by atoms with Gasteiger partial charge in [-0.2, -0.15) is 4.98 Å². The summed E-state index contributed by atoms with van der Waals surface area (Å²) in [5, 5.41) is 8.66. The van der Waals surface area contributed by atoms with Crippen LogP contribution >= 0.6 is 0 Å². The molecular weight excluding hydrogens is 172 g/mol. The van der Waals surface area contributed by atoms with E-state index >= 15 is 0 Å². The Morgan fingerprint density at radius 3 is 2.77 bits per heavy atom. The van der Waals surface area contributed by atoms with Crippen molar-refractivity contribution in [3.63, 3.8) is 0 Å². The average Bonchev–Trinajstić information content (AvgIpc) is 2.51. The second-order valence-corrected chi connectivity index (χ2v) is 2.62. The van der Waals surface area contributed by atoms with Gasteiger partial charge in [-0.05, 0) is 13.8 Å². The summed E-state index contributed by atoms with van der Waals surface area (Å²) < 4.78 is 4.87. The highest BCUT2D eigenvalue weighted by Gasteiger charge is 2.13. The van der Waals surface area contributed by atoms with Crippen LogP contribution in [0.1, 0.15) is 24.7 Å². The first-order valence-electron chi connectivity index (χ1n) is 3.92. The van der Waals surface area contributed by atoms with E-state index in [2.05, 4.69) is 20.8 Å². The molecule has 1 aromatic rings. The molecule has 0 fully saturated rings. The largest absolute Gasteiger partial charge is 0.341 e. The van der Waals surface area contributed by atoms with Gasteiger partial charge < -0.3 is 15.2 Å². The third-order valence-corrected chi connectivity index (χ3v) is 1.49. The number of rotatable bonds is 2. The minimum absolute atomic E-state index is 0.275. The molecule has 13 heavy (non-hydrogen) atoms. The fourth-order valence-corrected chi connectivity index (χ4v) is 0.820. The molecule has 1 unspecified atom stereocenters. The predicted octanol–water partition coefficient (Wildman–Crippen LogP) is 0.368. The highest BCUT2D eigenvalue weighted by molar-refractivity contribution is 5.73. The third kappa shape index (κ3) is 2.43. The zero-order valence-corrected chi connectivity index (χ0v) is 7.79. The Morgan fingerprint density at radius 2 is 2.31 bits per heavy atom. The average molecular weight is 184 g/mol. The van der Waals surface area contributed by atoms with Crippen LogP contribution in [0.15, 0.2) is 4.52 Å². The topological polar surface area (TPSA) is 80.0 Å². The number of aromatic nitrogens is 2. The van der Waals surface area contributed by atoms with Crippen LogP contribution in [0.2, 0.25) is 0 Å². The van der Waals surface area contributed by atoms with Crippen molar-refractivity contribution in [3.8, 4) is 0 Å². The van der Waals surface area contributed by atoms with E-state index < -0.39 is 0 Å². The summed E-state index contributed by atoms with van der Waals surface area (Å²) in [6.45, 7) is 3.49. The number of aryl methyl sites for hydroxylation is 1. The van der Waals surface area contributed by atoms with E-state index in [0.717, 1.165) is 0 Å². The van der Waals surface area contributed by atoms with E-state index in [1.807, 2.05) is 0 Å². The molecule has 0 saturated heterocycles. The molecule has 2 N–H and O–H groups in total. The van der Waals surface area contributed by atoms with E-state index in [0.29, 0.717) is 11.7 Å². The van der Waals surface area contributed by atoms with E-state index in [1.165, 1.54) is 0 Å². The molecule has 0 aliphatic heterocycles. The smallest absolute Gasteiger partial charge is 0.315 e. The number of hydrogen-bond donors (Lipinski definition) is 2. The van der Waals surface area contributed by atoms with Crippen molar-refractivity contribution < 1.29 is 9.32 Å². The van der Waals surface area contributed by atoms with Gasteiger partial charge >= 0.3 is 6.03 Å². The summed E-state index contributed by atoms with van der Waals surface area (Å²) >= 11 is 0. The summed E-state index contributed by atoms with van der Waals surface area (Å²) in [5.41, 5.74) is 0. The van der Waals surface area contributed by atoms with E-state index in [9.17, 15) is 4.79 Å². The highest BCUT2D eigenvalue weighted by Crippen LogP contribution is 2.07. The molecule has 6 heteroatoms. The van der Waals surface area contributed by atoms with Crippen LogP contribution in [0, 0.1) is 6.92 Å². The molecule has 1 rings (SSSR count). The minimum atomic E-state index is -0.277. The first-order valence-corrected chi connectivity index (χ1v) is 3.92. The number of carbonyl (C=O) groups is 1. The molecule has 0 aliphatic rings. The normalized spacial score (nSPS) is 12.2.